The van der Waals surface area contributed by atoms with Gasteiger partial charge in [0.25, 0.3) is 25.8 Å². The number of halogens is 4. The molecule has 3 atom stereocenters. The Morgan fingerprint density at radius 1 is 0.826 bits per heavy atom. The van der Waals surface area contributed by atoms with Gasteiger partial charge in [0.2, 0.25) is 0 Å². The van der Waals surface area contributed by atoms with Crippen LogP contribution in [0.5, 0.6) is 0 Å². The van der Waals surface area contributed by atoms with Gasteiger partial charge in [-0.25, -0.2) is 26.4 Å². The third kappa shape index (κ3) is 12.8. The smallest absolute Gasteiger partial charge is 0.444 e. The standard InChI is InChI=1S/C51H56ClF3N4O7S3/c1-34(44-14-8-9-15-45(44)36-16-20-38(52)21-17-36)35-26-29-58(30-27-35)40-22-18-37(19-23-40)48(60)57-69(64,65)43-24-25-46(47(32-43)68(62,63)51(53,54)55)56-39(33-67-42-12-6-5-7-13-42)31-41-11-10-28-59(41)49(61)66-50(2,3)4/h5-9,12-25,32,34-35,39,41,56H,10-11,26-31,33H2,1-4H3,(H,57,60)/t34?,39-,41-/m1/s1. The lowest BCUT2D eigenvalue weighted by Gasteiger charge is -2.37. The van der Waals surface area contributed by atoms with Crippen LogP contribution in [0, 0.1) is 5.92 Å². The van der Waals surface area contributed by atoms with Crippen LogP contribution in [0.25, 0.3) is 11.1 Å². The van der Waals surface area contributed by atoms with Crippen molar-refractivity contribution >= 4 is 66.6 Å². The number of amides is 2. The average molecular weight is 1030 g/mol. The molecule has 2 N–H and O–H groups in total. The molecule has 368 valence electrons. The number of hydrogen-bond donors (Lipinski definition) is 2. The van der Waals surface area contributed by atoms with Crippen molar-refractivity contribution < 1.29 is 44.3 Å². The SMILES string of the molecule is CC(c1ccccc1-c1ccc(Cl)cc1)C1CCN(c2ccc(C(=O)NS(=O)(=O)c3ccc(N[C@@H](CSc4ccccc4)C[C@H]4CCCN4C(=O)OC(C)(C)C)c(S(=O)(=O)C(F)(F)F)c3)cc2)CC1. The minimum atomic E-state index is -6.15. The Labute approximate surface area is 412 Å². The zero-order valence-electron chi connectivity index (χ0n) is 38.7. The van der Waals surface area contributed by atoms with E-state index in [1.54, 1.807) is 37.8 Å². The first-order valence-electron chi connectivity index (χ1n) is 22.8. The number of piperidine rings is 1. The van der Waals surface area contributed by atoms with Gasteiger partial charge in [-0.1, -0.05) is 73.1 Å². The van der Waals surface area contributed by atoms with Crippen molar-refractivity contribution in [3.8, 4) is 11.1 Å². The predicted octanol–water partition coefficient (Wildman–Crippen LogP) is 11.8. The molecule has 2 aliphatic rings. The van der Waals surface area contributed by atoms with Gasteiger partial charge in [0.05, 0.1) is 10.6 Å². The maximum Gasteiger partial charge on any atom is 0.501 e. The Morgan fingerprint density at radius 3 is 2.13 bits per heavy atom. The summed E-state index contributed by atoms with van der Waals surface area (Å²) in [4.78, 5) is 29.0. The number of alkyl halides is 3. The fourth-order valence-corrected chi connectivity index (χ4v) is 12.1. The molecular weight excluding hydrogens is 969 g/mol. The molecule has 0 saturated carbocycles. The molecule has 0 radical (unpaired) electrons. The molecule has 5 aromatic rings. The van der Waals surface area contributed by atoms with Crippen LogP contribution in [0.3, 0.4) is 0 Å². The molecule has 0 aromatic heterocycles. The molecular formula is C51H56ClF3N4O7S3. The van der Waals surface area contributed by atoms with E-state index < -0.39 is 70.5 Å². The Bertz CT molecular complexity index is 2820. The number of sulfone groups is 1. The number of nitrogens with zero attached hydrogens (tertiary/aromatic N) is 2. The van der Waals surface area contributed by atoms with Gasteiger partial charge in [-0.05, 0) is 148 Å². The average Bonchev–Trinajstić information content (AvgIpc) is 3.78. The number of sulfonamides is 1. The van der Waals surface area contributed by atoms with E-state index in [9.17, 15) is 39.6 Å². The fraction of sp³-hybridized carbons (Fsp3) is 0.373. The first-order valence-corrected chi connectivity index (χ1v) is 27.1. The molecule has 0 bridgehead atoms. The van der Waals surface area contributed by atoms with E-state index in [4.69, 9.17) is 16.3 Å². The summed E-state index contributed by atoms with van der Waals surface area (Å²) in [5.41, 5.74) is -2.73. The molecule has 7 rings (SSSR count). The second kappa shape index (κ2) is 21.4. The van der Waals surface area contributed by atoms with Gasteiger partial charge in [-0.3, -0.25) is 4.79 Å². The topological polar surface area (TPSA) is 142 Å². The van der Waals surface area contributed by atoms with Crippen LogP contribution in [0.15, 0.2) is 136 Å². The third-order valence-electron chi connectivity index (χ3n) is 12.5. The van der Waals surface area contributed by atoms with Crippen molar-refractivity contribution in [3.05, 3.63) is 137 Å². The largest absolute Gasteiger partial charge is 0.501 e. The Hall–Kier alpha value is -5.23. The minimum Gasteiger partial charge on any atom is -0.444 e. The highest BCUT2D eigenvalue weighted by Gasteiger charge is 2.49. The molecule has 1 unspecified atom stereocenters. The minimum absolute atomic E-state index is 0.0304. The van der Waals surface area contributed by atoms with Gasteiger partial charge < -0.3 is 19.9 Å². The number of thioether (sulfide) groups is 1. The second-order valence-electron chi connectivity index (χ2n) is 18.5. The van der Waals surface area contributed by atoms with Crippen LogP contribution in [0.1, 0.15) is 81.6 Å². The van der Waals surface area contributed by atoms with Crippen LogP contribution in [-0.2, 0) is 24.6 Å². The van der Waals surface area contributed by atoms with Crippen LogP contribution >= 0.6 is 23.4 Å². The van der Waals surface area contributed by atoms with E-state index in [0.717, 1.165) is 54.2 Å². The quantitative estimate of drug-likeness (QED) is 0.0973. The van der Waals surface area contributed by atoms with Crippen molar-refractivity contribution in [3.63, 3.8) is 0 Å². The molecule has 69 heavy (non-hydrogen) atoms. The van der Waals surface area contributed by atoms with Crippen LogP contribution in [0.2, 0.25) is 5.02 Å². The van der Waals surface area contributed by atoms with Gasteiger partial charge in [0.1, 0.15) is 10.5 Å². The summed E-state index contributed by atoms with van der Waals surface area (Å²) < 4.78 is 104. The number of nitrogens with one attached hydrogen (secondary N) is 2. The third-order valence-corrected chi connectivity index (χ3v) is 16.8. The van der Waals surface area contributed by atoms with E-state index in [0.29, 0.717) is 36.4 Å². The van der Waals surface area contributed by atoms with Gasteiger partial charge in [0, 0.05) is 58.6 Å². The first kappa shape index (κ1) is 51.6. The van der Waals surface area contributed by atoms with Crippen molar-refractivity contribution in [2.75, 3.05) is 35.6 Å². The normalized spacial score (nSPS) is 17.0. The lowest BCUT2D eigenvalue weighted by atomic mass is 9.78. The number of likely N-dealkylation sites (tertiary alicyclic amines) is 1. The zero-order chi connectivity index (χ0) is 49.7. The Balaban J connectivity index is 1.05. The highest BCUT2D eigenvalue weighted by Crippen LogP contribution is 2.40. The van der Waals surface area contributed by atoms with E-state index >= 15 is 0 Å². The first-order chi connectivity index (χ1) is 32.6. The molecule has 2 heterocycles. The predicted molar refractivity (Wildman–Crippen MR) is 266 cm³/mol. The van der Waals surface area contributed by atoms with Gasteiger partial charge >= 0.3 is 11.6 Å². The van der Waals surface area contributed by atoms with Crippen LogP contribution in [-0.4, -0.2) is 82.3 Å². The Kier molecular flexibility index (Phi) is 16.0. The molecule has 2 aliphatic heterocycles. The number of benzene rings is 5. The van der Waals surface area contributed by atoms with E-state index in [-0.39, 0.29) is 23.7 Å². The lowest BCUT2D eigenvalue weighted by molar-refractivity contribution is -0.0436. The molecule has 2 amide bonds. The summed E-state index contributed by atoms with van der Waals surface area (Å²) in [5.74, 6) is -0.123. The molecule has 11 nitrogen and oxygen atoms in total. The summed E-state index contributed by atoms with van der Waals surface area (Å²) in [6, 6.07) is 32.9. The molecule has 2 fully saturated rings. The number of hydrogen-bond acceptors (Lipinski definition) is 10. The van der Waals surface area contributed by atoms with Crippen molar-refractivity contribution in [1.82, 2.24) is 9.62 Å². The van der Waals surface area contributed by atoms with Gasteiger partial charge in [0.15, 0.2) is 0 Å². The van der Waals surface area contributed by atoms with Gasteiger partial charge in [-0.2, -0.15) is 13.2 Å². The number of anilines is 2. The van der Waals surface area contributed by atoms with E-state index in [2.05, 4.69) is 35.3 Å². The zero-order valence-corrected chi connectivity index (χ0v) is 41.9. The second-order valence-corrected chi connectivity index (χ2v) is 23.6. The summed E-state index contributed by atoms with van der Waals surface area (Å²) in [6.45, 7) is 9.38. The highest BCUT2D eigenvalue weighted by molar-refractivity contribution is 7.99. The number of rotatable bonds is 15. The molecule has 18 heteroatoms. The molecule has 0 aliphatic carbocycles. The summed E-state index contributed by atoms with van der Waals surface area (Å²) >= 11 is 7.53. The van der Waals surface area contributed by atoms with E-state index in [1.165, 1.54) is 35.0 Å². The molecule has 2 saturated heterocycles. The number of ether oxygens (including phenoxy) is 1. The molecule has 0 spiro atoms. The van der Waals surface area contributed by atoms with Crippen LogP contribution < -0.4 is 14.9 Å². The summed E-state index contributed by atoms with van der Waals surface area (Å²) in [6.07, 6.45) is 2.72. The van der Waals surface area contributed by atoms with E-state index in [1.807, 2.05) is 65.4 Å². The Morgan fingerprint density at radius 2 is 1.48 bits per heavy atom. The van der Waals surface area contributed by atoms with Gasteiger partial charge in [-0.15, -0.1) is 11.8 Å². The maximum atomic E-state index is 14.3. The number of carbonyl (C=O) groups is 2. The monoisotopic (exact) mass is 1020 g/mol. The highest BCUT2D eigenvalue weighted by atomic mass is 35.5. The van der Waals surface area contributed by atoms with Crippen molar-refractivity contribution in [2.24, 2.45) is 5.92 Å². The van der Waals surface area contributed by atoms with Crippen molar-refractivity contribution in [1.29, 1.82) is 0 Å². The lowest BCUT2D eigenvalue weighted by Crippen LogP contribution is -2.42. The maximum absolute atomic E-state index is 14.3. The fourth-order valence-electron chi connectivity index (χ4n) is 8.97. The molecule has 5 aromatic carbocycles. The number of carbonyl (C=O) groups excluding carboxylic acids is 2. The summed E-state index contributed by atoms with van der Waals surface area (Å²) in [5, 5.41) is 3.64. The summed E-state index contributed by atoms with van der Waals surface area (Å²) in [7, 11) is -11.1. The van der Waals surface area contributed by atoms with Crippen LogP contribution in [0.4, 0.5) is 29.3 Å². The van der Waals surface area contributed by atoms with Crippen molar-refractivity contribution in [2.45, 2.75) is 104 Å².